The lowest BCUT2D eigenvalue weighted by molar-refractivity contribution is 0.924. The van der Waals surface area contributed by atoms with Crippen molar-refractivity contribution in [3.05, 3.63) is 24.8 Å². The minimum atomic E-state index is 0.957. The van der Waals surface area contributed by atoms with E-state index in [0.29, 0.717) is 0 Å². The number of rotatable bonds is 2. The second-order valence-electron chi connectivity index (χ2n) is 1.79. The summed E-state index contributed by atoms with van der Waals surface area (Å²) in [7, 11) is 0. The first kappa shape index (κ1) is 6.08. The summed E-state index contributed by atoms with van der Waals surface area (Å²) < 4.78 is 1.92. The Morgan fingerprint density at radius 1 is 1.89 bits per heavy atom. The zero-order chi connectivity index (χ0) is 6.69. The van der Waals surface area contributed by atoms with E-state index >= 15 is 0 Å². The van der Waals surface area contributed by atoms with Gasteiger partial charge in [0.25, 0.3) is 0 Å². The molecule has 0 saturated heterocycles. The molecule has 0 radical (unpaired) electrons. The molecule has 0 aliphatic carbocycles. The van der Waals surface area contributed by atoms with Gasteiger partial charge in [-0.1, -0.05) is 13.5 Å². The number of hydrogen-bond acceptors (Lipinski definition) is 1. The van der Waals surface area contributed by atoms with Gasteiger partial charge >= 0.3 is 0 Å². The first-order valence-corrected chi connectivity index (χ1v) is 3.02. The van der Waals surface area contributed by atoms with Gasteiger partial charge in [0.2, 0.25) is 0 Å². The van der Waals surface area contributed by atoms with Crippen molar-refractivity contribution < 1.29 is 0 Å². The molecule has 0 aromatic carbocycles. The molecule has 0 fully saturated rings. The van der Waals surface area contributed by atoms with Crippen molar-refractivity contribution in [2.24, 2.45) is 0 Å². The first-order chi connectivity index (χ1) is 4.38. The van der Waals surface area contributed by atoms with Crippen LogP contribution in [0, 0.1) is 0 Å². The predicted octanol–water partition coefficient (Wildman–Crippen LogP) is 1.55. The maximum atomic E-state index is 4.10. The normalized spacial score (nSPS) is 9.44. The lowest BCUT2D eigenvalue weighted by Gasteiger charge is -1.94. The topological polar surface area (TPSA) is 17.8 Å². The highest BCUT2D eigenvalue weighted by Gasteiger charge is 1.92. The van der Waals surface area contributed by atoms with Crippen LogP contribution in [0.1, 0.15) is 12.7 Å². The van der Waals surface area contributed by atoms with Gasteiger partial charge in [0.1, 0.15) is 5.82 Å². The molecule has 2 nitrogen and oxygen atoms in total. The molecule has 0 aliphatic rings. The highest BCUT2D eigenvalue weighted by Crippen LogP contribution is 1.96. The SMILES string of the molecule is C=Cn1ccnc1CC. The average molecular weight is 122 g/mol. The summed E-state index contributed by atoms with van der Waals surface area (Å²) >= 11 is 0. The van der Waals surface area contributed by atoms with Crippen LogP contribution in [-0.2, 0) is 6.42 Å². The standard InChI is InChI=1S/C7H10N2/c1-3-7-8-5-6-9(7)4-2/h4-6H,2-3H2,1H3. The van der Waals surface area contributed by atoms with Crippen molar-refractivity contribution in [3.63, 3.8) is 0 Å². The minimum Gasteiger partial charge on any atom is -0.311 e. The molecule has 1 aromatic heterocycles. The summed E-state index contributed by atoms with van der Waals surface area (Å²) in [6.07, 6.45) is 6.39. The van der Waals surface area contributed by atoms with E-state index in [0.717, 1.165) is 12.2 Å². The maximum Gasteiger partial charge on any atom is 0.112 e. The summed E-state index contributed by atoms with van der Waals surface area (Å²) in [5.74, 6) is 1.06. The van der Waals surface area contributed by atoms with Gasteiger partial charge in [0.15, 0.2) is 0 Å². The Hall–Kier alpha value is -1.05. The summed E-state index contributed by atoms with van der Waals surface area (Å²) in [6.45, 7) is 5.71. The smallest absolute Gasteiger partial charge is 0.112 e. The molecule has 0 saturated carbocycles. The van der Waals surface area contributed by atoms with E-state index in [9.17, 15) is 0 Å². The Labute approximate surface area is 54.8 Å². The molecule has 9 heavy (non-hydrogen) atoms. The molecule has 0 aliphatic heterocycles. The van der Waals surface area contributed by atoms with E-state index in [1.807, 2.05) is 10.8 Å². The van der Waals surface area contributed by atoms with Crippen LogP contribution in [0.15, 0.2) is 19.0 Å². The third-order valence-corrected chi connectivity index (χ3v) is 1.26. The Balaban J connectivity index is 2.98. The summed E-state index contributed by atoms with van der Waals surface area (Å²) in [6, 6.07) is 0. The van der Waals surface area contributed by atoms with Gasteiger partial charge in [-0.25, -0.2) is 4.98 Å². The monoisotopic (exact) mass is 122 g/mol. The van der Waals surface area contributed by atoms with Crippen molar-refractivity contribution >= 4 is 6.20 Å². The fraction of sp³-hybridized carbons (Fsp3) is 0.286. The van der Waals surface area contributed by atoms with Gasteiger partial charge in [-0.3, -0.25) is 0 Å². The van der Waals surface area contributed by atoms with Crippen molar-refractivity contribution in [2.75, 3.05) is 0 Å². The molecule has 0 unspecified atom stereocenters. The van der Waals surface area contributed by atoms with Crippen LogP contribution in [0.4, 0.5) is 0 Å². The lowest BCUT2D eigenvalue weighted by Crippen LogP contribution is -1.91. The largest absolute Gasteiger partial charge is 0.311 e. The molecular weight excluding hydrogens is 112 g/mol. The maximum absolute atomic E-state index is 4.10. The summed E-state index contributed by atoms with van der Waals surface area (Å²) in [4.78, 5) is 4.10. The summed E-state index contributed by atoms with van der Waals surface area (Å²) in [5.41, 5.74) is 0. The van der Waals surface area contributed by atoms with Gasteiger partial charge in [-0.15, -0.1) is 0 Å². The van der Waals surface area contributed by atoms with Crippen LogP contribution in [0.5, 0.6) is 0 Å². The van der Waals surface area contributed by atoms with E-state index in [2.05, 4.69) is 18.5 Å². The second-order valence-corrected chi connectivity index (χ2v) is 1.79. The quantitative estimate of drug-likeness (QED) is 0.582. The summed E-state index contributed by atoms with van der Waals surface area (Å²) in [5, 5.41) is 0. The molecule has 0 bridgehead atoms. The van der Waals surface area contributed by atoms with Gasteiger partial charge in [-0.05, 0) is 0 Å². The van der Waals surface area contributed by atoms with Crippen LogP contribution in [-0.4, -0.2) is 9.55 Å². The molecule has 1 rings (SSSR count). The molecule has 1 aromatic rings. The fourth-order valence-corrected chi connectivity index (χ4v) is 0.784. The van der Waals surface area contributed by atoms with Gasteiger partial charge in [-0.2, -0.15) is 0 Å². The van der Waals surface area contributed by atoms with Crippen molar-refractivity contribution in [1.29, 1.82) is 0 Å². The molecule has 48 valence electrons. The van der Waals surface area contributed by atoms with Crippen LogP contribution in [0.2, 0.25) is 0 Å². The Morgan fingerprint density at radius 3 is 3.11 bits per heavy atom. The van der Waals surface area contributed by atoms with Gasteiger partial charge < -0.3 is 4.57 Å². The molecule has 0 spiro atoms. The third kappa shape index (κ3) is 1.02. The number of imidazole rings is 1. The molecule has 2 heteroatoms. The highest BCUT2D eigenvalue weighted by atomic mass is 15.0. The first-order valence-electron chi connectivity index (χ1n) is 3.02. The van der Waals surface area contributed by atoms with Crippen LogP contribution < -0.4 is 0 Å². The number of nitrogens with zero attached hydrogens (tertiary/aromatic N) is 2. The third-order valence-electron chi connectivity index (χ3n) is 1.26. The molecule has 0 N–H and O–H groups in total. The highest BCUT2D eigenvalue weighted by molar-refractivity contribution is 5.19. The van der Waals surface area contributed by atoms with E-state index < -0.39 is 0 Å². The average Bonchev–Trinajstić information content (AvgIpc) is 2.33. The van der Waals surface area contributed by atoms with Gasteiger partial charge in [0.05, 0.1) is 0 Å². The zero-order valence-corrected chi connectivity index (χ0v) is 5.54. The number of hydrogen-bond donors (Lipinski definition) is 0. The molecule has 0 atom stereocenters. The number of aryl methyl sites for hydroxylation is 1. The Kier molecular flexibility index (Phi) is 1.68. The van der Waals surface area contributed by atoms with Crippen molar-refractivity contribution in [2.45, 2.75) is 13.3 Å². The van der Waals surface area contributed by atoms with E-state index in [-0.39, 0.29) is 0 Å². The molecule has 1 heterocycles. The Bertz CT molecular complexity index is 200. The van der Waals surface area contributed by atoms with Gasteiger partial charge in [0, 0.05) is 25.0 Å². The van der Waals surface area contributed by atoms with Crippen molar-refractivity contribution in [1.82, 2.24) is 9.55 Å². The number of aromatic nitrogens is 2. The van der Waals surface area contributed by atoms with E-state index in [1.165, 1.54) is 0 Å². The zero-order valence-electron chi connectivity index (χ0n) is 5.54. The van der Waals surface area contributed by atoms with Crippen LogP contribution in [0.3, 0.4) is 0 Å². The van der Waals surface area contributed by atoms with Crippen LogP contribution >= 0.6 is 0 Å². The molecular formula is C7H10N2. The van der Waals surface area contributed by atoms with E-state index in [1.54, 1.807) is 12.4 Å². The van der Waals surface area contributed by atoms with Crippen molar-refractivity contribution in [3.8, 4) is 0 Å². The second kappa shape index (κ2) is 2.49. The van der Waals surface area contributed by atoms with Crippen LogP contribution in [0.25, 0.3) is 6.20 Å². The lowest BCUT2D eigenvalue weighted by atomic mass is 10.5. The van der Waals surface area contributed by atoms with E-state index in [4.69, 9.17) is 0 Å². The predicted molar refractivity (Wildman–Crippen MR) is 38.0 cm³/mol. The fourth-order valence-electron chi connectivity index (χ4n) is 0.784. The Morgan fingerprint density at radius 2 is 2.67 bits per heavy atom. The molecule has 0 amide bonds. The minimum absolute atomic E-state index is 0.957.